The molecule has 2 N–H and O–H groups in total. The molecule has 1 aromatic heterocycles. The van der Waals surface area contributed by atoms with Crippen molar-refractivity contribution in [2.75, 3.05) is 50.1 Å². The van der Waals surface area contributed by atoms with E-state index >= 15 is 0 Å². The van der Waals surface area contributed by atoms with Crippen molar-refractivity contribution in [2.45, 2.75) is 24.7 Å². The van der Waals surface area contributed by atoms with Gasteiger partial charge in [0.2, 0.25) is 0 Å². The Labute approximate surface area is 131 Å². The summed E-state index contributed by atoms with van der Waals surface area (Å²) in [5.74, 6) is 0.812. The van der Waals surface area contributed by atoms with Crippen LogP contribution in [0.25, 0.3) is 0 Å². The van der Waals surface area contributed by atoms with E-state index in [0.717, 1.165) is 26.1 Å². The molecule has 120 valence electrons. The number of hydrogen-bond acceptors (Lipinski definition) is 7. The van der Waals surface area contributed by atoms with Gasteiger partial charge in [-0.15, -0.1) is 0 Å². The molecule has 8 heteroatoms. The first-order valence-corrected chi connectivity index (χ1v) is 9.65. The molecule has 21 heavy (non-hydrogen) atoms. The second kappa shape index (κ2) is 6.50. The van der Waals surface area contributed by atoms with E-state index in [2.05, 4.69) is 16.3 Å². The predicted octanol–water partition coefficient (Wildman–Crippen LogP) is 1.30. The Balaban J connectivity index is 2.20. The van der Waals surface area contributed by atoms with E-state index in [4.69, 9.17) is 5.73 Å². The van der Waals surface area contributed by atoms with Crippen LogP contribution >= 0.6 is 11.5 Å². The van der Waals surface area contributed by atoms with E-state index in [9.17, 15) is 8.42 Å². The van der Waals surface area contributed by atoms with Crippen LogP contribution in [0.15, 0.2) is 4.90 Å². The Morgan fingerprint density at radius 1 is 1.52 bits per heavy atom. The van der Waals surface area contributed by atoms with Crippen molar-refractivity contribution in [1.82, 2.24) is 9.27 Å². The Kier molecular flexibility index (Phi) is 5.11. The Bertz CT molecular complexity index is 585. The molecule has 1 atom stereocenters. The summed E-state index contributed by atoms with van der Waals surface area (Å²) in [6, 6.07) is 0. The number of anilines is 2. The standard InChI is InChI=1S/C13H24N4O2S2/c1-4-7-21(18,19)11-12(14)15-20-13(11)17(3)9-10-5-6-16(2)8-10/h10H,4-9H2,1-3H3,(H2,14,15). The smallest absolute Gasteiger partial charge is 0.185 e. The molecule has 0 spiro atoms. The fraction of sp³-hybridized carbons (Fsp3) is 0.769. The average Bonchev–Trinajstić information content (AvgIpc) is 2.96. The van der Waals surface area contributed by atoms with Crippen molar-refractivity contribution in [2.24, 2.45) is 5.92 Å². The third-order valence-electron chi connectivity index (χ3n) is 3.81. The maximum absolute atomic E-state index is 12.4. The van der Waals surface area contributed by atoms with Crippen molar-refractivity contribution < 1.29 is 8.42 Å². The van der Waals surface area contributed by atoms with E-state index in [-0.39, 0.29) is 16.5 Å². The second-order valence-electron chi connectivity index (χ2n) is 5.82. The molecule has 0 saturated carbocycles. The van der Waals surface area contributed by atoms with Gasteiger partial charge in [-0.2, -0.15) is 4.37 Å². The summed E-state index contributed by atoms with van der Waals surface area (Å²) in [6.45, 7) is 4.84. The lowest BCUT2D eigenvalue weighted by atomic mass is 10.1. The van der Waals surface area contributed by atoms with Crippen molar-refractivity contribution in [1.29, 1.82) is 0 Å². The highest BCUT2D eigenvalue weighted by Gasteiger charge is 2.28. The van der Waals surface area contributed by atoms with Crippen molar-refractivity contribution >= 4 is 32.2 Å². The lowest BCUT2D eigenvalue weighted by Gasteiger charge is -2.22. The zero-order chi connectivity index (χ0) is 15.6. The lowest BCUT2D eigenvalue weighted by molar-refractivity contribution is 0.396. The highest BCUT2D eigenvalue weighted by atomic mass is 32.2. The molecule has 1 unspecified atom stereocenters. The second-order valence-corrected chi connectivity index (χ2v) is 8.62. The molecule has 0 radical (unpaired) electrons. The summed E-state index contributed by atoms with van der Waals surface area (Å²) >= 11 is 1.18. The minimum absolute atomic E-state index is 0.114. The molecule has 0 bridgehead atoms. The van der Waals surface area contributed by atoms with Gasteiger partial charge in [0.15, 0.2) is 15.7 Å². The van der Waals surface area contributed by atoms with Gasteiger partial charge in [0, 0.05) is 20.1 Å². The number of nitrogens with zero attached hydrogens (tertiary/aromatic N) is 3. The van der Waals surface area contributed by atoms with Gasteiger partial charge in [0.1, 0.15) is 9.90 Å². The first-order valence-electron chi connectivity index (χ1n) is 7.22. The monoisotopic (exact) mass is 332 g/mol. The van der Waals surface area contributed by atoms with Gasteiger partial charge in [-0.05, 0) is 43.9 Å². The fourth-order valence-corrected chi connectivity index (χ4v) is 5.59. The number of aromatic nitrogens is 1. The molecule has 0 aliphatic carbocycles. The largest absolute Gasteiger partial charge is 0.382 e. The van der Waals surface area contributed by atoms with Crippen molar-refractivity contribution in [3.05, 3.63) is 0 Å². The minimum Gasteiger partial charge on any atom is -0.382 e. The van der Waals surface area contributed by atoms with Crippen LogP contribution in [0.5, 0.6) is 0 Å². The van der Waals surface area contributed by atoms with E-state index in [0.29, 0.717) is 17.3 Å². The molecule has 0 amide bonds. The average molecular weight is 332 g/mol. The number of nitrogen functional groups attached to an aromatic ring is 1. The van der Waals surface area contributed by atoms with Crippen LogP contribution in [0.3, 0.4) is 0 Å². The normalized spacial score (nSPS) is 20.0. The first-order chi connectivity index (χ1) is 9.85. The molecule has 1 aliphatic heterocycles. The Morgan fingerprint density at radius 3 is 2.81 bits per heavy atom. The van der Waals surface area contributed by atoms with Gasteiger partial charge in [0.05, 0.1) is 5.75 Å². The fourth-order valence-electron chi connectivity index (χ4n) is 2.84. The first kappa shape index (κ1) is 16.5. The number of sulfone groups is 1. The molecule has 2 rings (SSSR count). The molecule has 0 aromatic carbocycles. The zero-order valence-corrected chi connectivity index (χ0v) is 14.5. The van der Waals surface area contributed by atoms with Crippen molar-refractivity contribution in [3.63, 3.8) is 0 Å². The maximum Gasteiger partial charge on any atom is 0.185 e. The third kappa shape index (κ3) is 3.67. The third-order valence-corrected chi connectivity index (χ3v) is 6.89. The van der Waals surface area contributed by atoms with E-state index in [1.807, 2.05) is 18.9 Å². The van der Waals surface area contributed by atoms with Gasteiger partial charge < -0.3 is 15.5 Å². The summed E-state index contributed by atoms with van der Waals surface area (Å²) in [5.41, 5.74) is 5.81. The van der Waals surface area contributed by atoms with Gasteiger partial charge in [-0.3, -0.25) is 0 Å². The molecule has 1 fully saturated rings. The van der Waals surface area contributed by atoms with Gasteiger partial charge in [-0.25, -0.2) is 8.42 Å². The lowest BCUT2D eigenvalue weighted by Crippen LogP contribution is -2.27. The quantitative estimate of drug-likeness (QED) is 0.846. The van der Waals surface area contributed by atoms with Gasteiger partial charge in [0.25, 0.3) is 0 Å². The molecule has 1 saturated heterocycles. The number of nitrogens with two attached hydrogens (primary N) is 1. The highest BCUT2D eigenvalue weighted by Crippen LogP contribution is 2.35. The van der Waals surface area contributed by atoms with Crippen LogP contribution in [0.2, 0.25) is 0 Å². The molecule has 2 heterocycles. The van der Waals surface area contributed by atoms with E-state index in [1.165, 1.54) is 11.5 Å². The predicted molar refractivity (Wildman–Crippen MR) is 87.7 cm³/mol. The highest BCUT2D eigenvalue weighted by molar-refractivity contribution is 7.91. The molecule has 1 aromatic rings. The van der Waals surface area contributed by atoms with Crippen LogP contribution in [-0.2, 0) is 9.84 Å². The Hall–Kier alpha value is -0.860. The van der Waals surface area contributed by atoms with Crippen LogP contribution in [0, 0.1) is 5.92 Å². The minimum atomic E-state index is -3.35. The van der Waals surface area contributed by atoms with Gasteiger partial charge in [-0.1, -0.05) is 6.92 Å². The molecular weight excluding hydrogens is 308 g/mol. The molecular formula is C13H24N4O2S2. The molecule has 1 aliphatic rings. The van der Waals surface area contributed by atoms with E-state index < -0.39 is 9.84 Å². The van der Waals surface area contributed by atoms with Crippen LogP contribution in [0.4, 0.5) is 10.8 Å². The number of rotatable bonds is 6. The Morgan fingerprint density at radius 2 is 2.24 bits per heavy atom. The van der Waals surface area contributed by atoms with Gasteiger partial charge >= 0.3 is 0 Å². The summed E-state index contributed by atoms with van der Waals surface area (Å²) < 4.78 is 28.8. The molecule has 6 nitrogen and oxygen atoms in total. The number of likely N-dealkylation sites (tertiary alicyclic amines) is 1. The SMILES string of the molecule is CCCS(=O)(=O)c1c(N)nsc1N(C)CC1CCN(C)C1. The van der Waals surface area contributed by atoms with Crippen molar-refractivity contribution in [3.8, 4) is 0 Å². The summed E-state index contributed by atoms with van der Waals surface area (Å²) in [7, 11) is 0.693. The van der Waals surface area contributed by atoms with E-state index in [1.54, 1.807) is 0 Å². The number of hydrogen-bond donors (Lipinski definition) is 1. The summed E-state index contributed by atoms with van der Waals surface area (Å²) in [6.07, 6.45) is 1.72. The summed E-state index contributed by atoms with van der Waals surface area (Å²) in [5, 5.41) is 0.676. The van der Waals surface area contributed by atoms with Crippen LogP contribution in [-0.4, -0.2) is 57.2 Å². The maximum atomic E-state index is 12.4. The topological polar surface area (TPSA) is 79.5 Å². The zero-order valence-electron chi connectivity index (χ0n) is 12.9. The van der Waals surface area contributed by atoms with Crippen LogP contribution < -0.4 is 10.6 Å². The summed E-state index contributed by atoms with van der Waals surface area (Å²) in [4.78, 5) is 4.53. The van der Waals surface area contributed by atoms with Crippen LogP contribution in [0.1, 0.15) is 19.8 Å².